The Morgan fingerprint density at radius 3 is 2.56 bits per heavy atom. The molecule has 0 fully saturated rings. The van der Waals surface area contributed by atoms with Crippen molar-refractivity contribution in [3.05, 3.63) is 23.3 Å². The number of hydrogen-bond acceptors (Lipinski definition) is 5. The van der Waals surface area contributed by atoms with Crippen molar-refractivity contribution in [2.75, 3.05) is 14.2 Å². The molecule has 0 saturated heterocycles. The summed E-state index contributed by atoms with van der Waals surface area (Å²) in [5.41, 5.74) is 9.47. The molecule has 1 unspecified atom stereocenters. The SMILES string of the molecule is COc1ccc(CC(N)C(=O)NN)c(OC)c1C. The average Bonchev–Trinajstić information content (AvgIpc) is 2.38. The maximum absolute atomic E-state index is 11.3. The van der Waals surface area contributed by atoms with Crippen LogP contribution in [0.5, 0.6) is 11.5 Å². The molecular weight excluding hydrogens is 234 g/mol. The third-order valence-electron chi connectivity index (χ3n) is 2.78. The van der Waals surface area contributed by atoms with E-state index >= 15 is 0 Å². The van der Waals surface area contributed by atoms with E-state index in [-0.39, 0.29) is 0 Å². The maximum atomic E-state index is 11.3. The minimum Gasteiger partial charge on any atom is -0.496 e. The summed E-state index contributed by atoms with van der Waals surface area (Å²) in [6.07, 6.45) is 0.344. The summed E-state index contributed by atoms with van der Waals surface area (Å²) < 4.78 is 10.5. The zero-order chi connectivity index (χ0) is 13.7. The smallest absolute Gasteiger partial charge is 0.251 e. The van der Waals surface area contributed by atoms with E-state index in [0.29, 0.717) is 12.2 Å². The highest BCUT2D eigenvalue weighted by Crippen LogP contribution is 2.31. The summed E-state index contributed by atoms with van der Waals surface area (Å²) in [4.78, 5) is 11.3. The van der Waals surface area contributed by atoms with Crippen molar-refractivity contribution in [1.82, 2.24) is 5.43 Å². The molecule has 18 heavy (non-hydrogen) atoms. The van der Waals surface area contributed by atoms with Gasteiger partial charge < -0.3 is 15.2 Å². The van der Waals surface area contributed by atoms with Crippen molar-refractivity contribution in [3.8, 4) is 11.5 Å². The number of hydrazine groups is 1. The lowest BCUT2D eigenvalue weighted by Crippen LogP contribution is -2.45. The monoisotopic (exact) mass is 253 g/mol. The number of carbonyl (C=O) groups excluding carboxylic acids is 1. The fourth-order valence-electron chi connectivity index (χ4n) is 1.83. The van der Waals surface area contributed by atoms with Gasteiger partial charge >= 0.3 is 0 Å². The molecule has 1 amide bonds. The summed E-state index contributed by atoms with van der Waals surface area (Å²) >= 11 is 0. The molecule has 1 atom stereocenters. The van der Waals surface area contributed by atoms with Crippen molar-refractivity contribution in [3.63, 3.8) is 0 Å². The number of carbonyl (C=O) groups is 1. The van der Waals surface area contributed by atoms with Crippen LogP contribution in [0.2, 0.25) is 0 Å². The quantitative estimate of drug-likeness (QED) is 0.386. The molecule has 0 aliphatic carbocycles. The predicted molar refractivity (Wildman–Crippen MR) is 68.3 cm³/mol. The second-order valence-electron chi connectivity index (χ2n) is 3.90. The minimum absolute atomic E-state index is 0.344. The van der Waals surface area contributed by atoms with Crippen molar-refractivity contribution in [2.24, 2.45) is 11.6 Å². The van der Waals surface area contributed by atoms with Crippen LogP contribution in [-0.2, 0) is 11.2 Å². The molecule has 0 aromatic heterocycles. The predicted octanol–water partition coefficient (Wildman–Crippen LogP) is -0.128. The van der Waals surface area contributed by atoms with E-state index in [1.54, 1.807) is 14.2 Å². The Balaban J connectivity index is 3.03. The lowest BCUT2D eigenvalue weighted by atomic mass is 10.0. The van der Waals surface area contributed by atoms with E-state index < -0.39 is 11.9 Å². The van der Waals surface area contributed by atoms with Gasteiger partial charge in [-0.2, -0.15) is 0 Å². The largest absolute Gasteiger partial charge is 0.496 e. The van der Waals surface area contributed by atoms with Crippen molar-refractivity contribution in [1.29, 1.82) is 0 Å². The van der Waals surface area contributed by atoms with Crippen LogP contribution in [0.1, 0.15) is 11.1 Å². The topological polar surface area (TPSA) is 99.6 Å². The first kappa shape index (κ1) is 14.3. The molecule has 0 aliphatic heterocycles. The molecule has 0 spiro atoms. The minimum atomic E-state index is -0.711. The summed E-state index contributed by atoms with van der Waals surface area (Å²) in [6.45, 7) is 1.88. The van der Waals surface area contributed by atoms with Crippen LogP contribution in [0.25, 0.3) is 0 Å². The Morgan fingerprint density at radius 1 is 1.39 bits per heavy atom. The second-order valence-corrected chi connectivity index (χ2v) is 3.90. The van der Waals surface area contributed by atoms with E-state index in [4.69, 9.17) is 21.1 Å². The van der Waals surface area contributed by atoms with Gasteiger partial charge in [0.05, 0.1) is 20.3 Å². The fraction of sp³-hybridized carbons (Fsp3) is 0.417. The van der Waals surface area contributed by atoms with E-state index in [9.17, 15) is 4.79 Å². The number of benzene rings is 1. The van der Waals surface area contributed by atoms with Gasteiger partial charge in [0.1, 0.15) is 11.5 Å². The van der Waals surface area contributed by atoms with Gasteiger partial charge in [-0.05, 0) is 18.6 Å². The number of hydrogen-bond donors (Lipinski definition) is 3. The third kappa shape index (κ3) is 2.91. The number of nitrogens with one attached hydrogen (secondary N) is 1. The standard InChI is InChI=1S/C12H19N3O3/c1-7-10(17-2)5-4-8(11(7)18-3)6-9(13)12(16)15-14/h4-5,9H,6,13-14H2,1-3H3,(H,15,16). The van der Waals surface area contributed by atoms with E-state index in [2.05, 4.69) is 0 Å². The van der Waals surface area contributed by atoms with Gasteiger partial charge in [-0.3, -0.25) is 10.2 Å². The molecule has 5 N–H and O–H groups in total. The molecule has 0 heterocycles. The van der Waals surface area contributed by atoms with Crippen LogP contribution in [-0.4, -0.2) is 26.2 Å². The third-order valence-corrected chi connectivity index (χ3v) is 2.78. The van der Waals surface area contributed by atoms with E-state index in [0.717, 1.165) is 16.9 Å². The number of ether oxygens (including phenoxy) is 2. The number of methoxy groups -OCH3 is 2. The van der Waals surface area contributed by atoms with Crippen LogP contribution in [0.4, 0.5) is 0 Å². The molecule has 1 aromatic rings. The van der Waals surface area contributed by atoms with Crippen LogP contribution in [0.15, 0.2) is 12.1 Å². The molecule has 6 heteroatoms. The zero-order valence-electron chi connectivity index (χ0n) is 10.8. The van der Waals surface area contributed by atoms with Crippen molar-refractivity contribution >= 4 is 5.91 Å². The lowest BCUT2D eigenvalue weighted by Gasteiger charge is -2.16. The van der Waals surface area contributed by atoms with Gasteiger partial charge in [0.15, 0.2) is 0 Å². The van der Waals surface area contributed by atoms with E-state index in [1.165, 1.54) is 0 Å². The normalized spacial score (nSPS) is 11.8. The first-order valence-electron chi connectivity index (χ1n) is 5.51. The Labute approximate surface area is 106 Å². The molecule has 6 nitrogen and oxygen atoms in total. The highest BCUT2D eigenvalue weighted by molar-refractivity contribution is 5.81. The summed E-state index contributed by atoms with van der Waals surface area (Å²) in [5.74, 6) is 6.04. The lowest BCUT2D eigenvalue weighted by molar-refractivity contribution is -0.122. The molecule has 1 aromatic carbocycles. The number of rotatable bonds is 5. The Hall–Kier alpha value is -1.79. The van der Waals surface area contributed by atoms with Crippen LogP contribution < -0.4 is 26.5 Å². The highest BCUT2D eigenvalue weighted by Gasteiger charge is 2.17. The van der Waals surface area contributed by atoms with Gasteiger partial charge in [-0.1, -0.05) is 6.07 Å². The van der Waals surface area contributed by atoms with Crippen LogP contribution in [0.3, 0.4) is 0 Å². The molecular formula is C12H19N3O3. The Bertz CT molecular complexity index is 435. The number of nitrogens with two attached hydrogens (primary N) is 2. The second kappa shape index (κ2) is 6.23. The fourth-order valence-corrected chi connectivity index (χ4v) is 1.83. The average molecular weight is 253 g/mol. The summed E-state index contributed by atoms with van der Waals surface area (Å²) in [7, 11) is 3.16. The summed E-state index contributed by atoms with van der Waals surface area (Å²) in [5, 5.41) is 0. The van der Waals surface area contributed by atoms with Crippen LogP contribution in [0, 0.1) is 6.92 Å². The Kier molecular flexibility index (Phi) is 4.94. The van der Waals surface area contributed by atoms with Crippen molar-refractivity contribution < 1.29 is 14.3 Å². The molecule has 0 aliphatic rings. The van der Waals surface area contributed by atoms with Crippen LogP contribution >= 0.6 is 0 Å². The summed E-state index contributed by atoms with van der Waals surface area (Å²) in [6, 6.07) is 2.94. The number of amides is 1. The zero-order valence-corrected chi connectivity index (χ0v) is 10.8. The molecule has 100 valence electrons. The van der Waals surface area contributed by atoms with Gasteiger partial charge in [0.2, 0.25) is 0 Å². The van der Waals surface area contributed by atoms with Gasteiger partial charge in [-0.15, -0.1) is 0 Å². The van der Waals surface area contributed by atoms with Gasteiger partial charge in [0, 0.05) is 12.0 Å². The maximum Gasteiger partial charge on any atom is 0.251 e. The Morgan fingerprint density at radius 2 is 2.06 bits per heavy atom. The molecule has 1 rings (SSSR count). The highest BCUT2D eigenvalue weighted by atomic mass is 16.5. The molecule has 0 saturated carbocycles. The van der Waals surface area contributed by atoms with E-state index in [1.807, 2.05) is 24.5 Å². The van der Waals surface area contributed by atoms with Crippen molar-refractivity contribution in [2.45, 2.75) is 19.4 Å². The molecule has 0 radical (unpaired) electrons. The first-order chi connectivity index (χ1) is 8.54. The molecule has 0 bridgehead atoms. The first-order valence-corrected chi connectivity index (χ1v) is 5.51. The van der Waals surface area contributed by atoms with Gasteiger partial charge in [0.25, 0.3) is 5.91 Å². The van der Waals surface area contributed by atoms with Gasteiger partial charge in [-0.25, -0.2) is 5.84 Å².